The number of nitrogens with two attached hydrogens (primary N) is 1. The topological polar surface area (TPSA) is 63.8 Å². The molecule has 0 radical (unpaired) electrons. The first kappa shape index (κ1) is 13.9. The van der Waals surface area contributed by atoms with Crippen LogP contribution in [0.1, 0.15) is 21.8 Å². The van der Waals surface area contributed by atoms with Crippen LogP contribution in [-0.4, -0.2) is 9.97 Å². The van der Waals surface area contributed by atoms with Gasteiger partial charge < -0.3 is 5.43 Å². The average molecular weight is 302 g/mol. The molecule has 0 aliphatic carbocycles. The summed E-state index contributed by atoms with van der Waals surface area (Å²) < 4.78 is 12.9. The molecule has 2 aromatic heterocycles. The molecule has 0 fully saturated rings. The number of hydrazine groups is 1. The lowest BCUT2D eigenvalue weighted by Crippen LogP contribution is -2.11. The van der Waals surface area contributed by atoms with E-state index in [1.165, 1.54) is 17.0 Å². The summed E-state index contributed by atoms with van der Waals surface area (Å²) in [5.41, 5.74) is 4.77. The van der Waals surface area contributed by atoms with Gasteiger partial charge in [-0.1, -0.05) is 12.1 Å². The molecule has 0 spiro atoms. The smallest absolute Gasteiger partial charge is 0.152 e. The summed E-state index contributed by atoms with van der Waals surface area (Å²) in [5.74, 6) is 6.65. The van der Waals surface area contributed by atoms with Crippen LogP contribution in [0.25, 0.3) is 10.2 Å². The van der Waals surface area contributed by atoms with Crippen molar-refractivity contribution < 1.29 is 4.39 Å². The molecular formula is C15H15FN4S. The second kappa shape index (κ2) is 5.38. The fraction of sp³-hybridized carbons (Fsp3) is 0.200. The van der Waals surface area contributed by atoms with Crippen LogP contribution in [0.2, 0.25) is 0 Å². The van der Waals surface area contributed by atoms with E-state index in [-0.39, 0.29) is 5.82 Å². The number of nitrogens with one attached hydrogen (secondary N) is 1. The number of hydrogen-bond acceptors (Lipinski definition) is 5. The average Bonchev–Trinajstić information content (AvgIpc) is 2.76. The molecule has 0 unspecified atom stereocenters. The Morgan fingerprint density at radius 2 is 1.90 bits per heavy atom. The van der Waals surface area contributed by atoms with E-state index in [1.807, 2.05) is 6.92 Å². The van der Waals surface area contributed by atoms with E-state index in [4.69, 9.17) is 5.84 Å². The number of fused-ring (bicyclic) bond motifs is 1. The molecule has 21 heavy (non-hydrogen) atoms. The van der Waals surface area contributed by atoms with E-state index < -0.39 is 0 Å². The van der Waals surface area contributed by atoms with Crippen molar-refractivity contribution in [3.63, 3.8) is 0 Å². The second-order valence-corrected chi connectivity index (χ2v) is 6.10. The summed E-state index contributed by atoms with van der Waals surface area (Å²) in [7, 11) is 0. The molecule has 3 aromatic rings. The molecule has 0 aliphatic heterocycles. The van der Waals surface area contributed by atoms with Crippen LogP contribution in [0.15, 0.2) is 24.3 Å². The number of hydrogen-bond donors (Lipinski definition) is 2. The molecule has 6 heteroatoms. The highest BCUT2D eigenvalue weighted by molar-refractivity contribution is 7.18. The van der Waals surface area contributed by atoms with Crippen molar-refractivity contribution in [3.05, 3.63) is 51.9 Å². The Balaban J connectivity index is 2.05. The molecule has 3 N–H and O–H groups in total. The predicted octanol–water partition coefficient (Wildman–Crippen LogP) is 3.32. The number of aryl methyl sites for hydroxylation is 2. The van der Waals surface area contributed by atoms with Gasteiger partial charge >= 0.3 is 0 Å². The van der Waals surface area contributed by atoms with Crippen LogP contribution in [-0.2, 0) is 6.42 Å². The van der Waals surface area contributed by atoms with Gasteiger partial charge in [-0.3, -0.25) is 0 Å². The summed E-state index contributed by atoms with van der Waals surface area (Å²) >= 11 is 1.63. The maximum absolute atomic E-state index is 12.9. The van der Waals surface area contributed by atoms with Crippen molar-refractivity contribution in [1.82, 2.24) is 9.97 Å². The summed E-state index contributed by atoms with van der Waals surface area (Å²) in [6.45, 7) is 4.10. The van der Waals surface area contributed by atoms with E-state index in [1.54, 1.807) is 23.5 Å². The first-order valence-corrected chi connectivity index (χ1v) is 7.38. The zero-order chi connectivity index (χ0) is 15.0. The van der Waals surface area contributed by atoms with Crippen LogP contribution in [0, 0.1) is 19.7 Å². The van der Waals surface area contributed by atoms with Crippen molar-refractivity contribution in [2.75, 3.05) is 5.43 Å². The lowest BCUT2D eigenvalue weighted by molar-refractivity contribution is 0.627. The zero-order valence-electron chi connectivity index (χ0n) is 11.8. The molecule has 4 nitrogen and oxygen atoms in total. The van der Waals surface area contributed by atoms with Crippen LogP contribution >= 0.6 is 11.3 Å². The first-order valence-electron chi connectivity index (χ1n) is 6.56. The lowest BCUT2D eigenvalue weighted by atomic mass is 10.1. The molecule has 0 saturated heterocycles. The molecule has 2 heterocycles. The van der Waals surface area contributed by atoms with E-state index in [9.17, 15) is 4.39 Å². The Morgan fingerprint density at radius 3 is 2.57 bits per heavy atom. The maximum Gasteiger partial charge on any atom is 0.152 e. The molecule has 108 valence electrons. The number of thiophene rings is 1. The second-order valence-electron chi connectivity index (χ2n) is 4.90. The largest absolute Gasteiger partial charge is 0.308 e. The Hall–Kier alpha value is -2.05. The zero-order valence-corrected chi connectivity index (χ0v) is 12.6. The Labute approximate surface area is 125 Å². The molecule has 0 aliphatic rings. The van der Waals surface area contributed by atoms with Gasteiger partial charge in [-0.05, 0) is 37.1 Å². The van der Waals surface area contributed by atoms with Crippen LogP contribution < -0.4 is 11.3 Å². The number of benzene rings is 1. The number of anilines is 1. The monoisotopic (exact) mass is 302 g/mol. The molecule has 1 aromatic carbocycles. The fourth-order valence-corrected chi connectivity index (χ4v) is 3.31. The highest BCUT2D eigenvalue weighted by Gasteiger charge is 2.14. The van der Waals surface area contributed by atoms with E-state index in [2.05, 4.69) is 22.3 Å². The van der Waals surface area contributed by atoms with Gasteiger partial charge in [0.05, 0.1) is 5.39 Å². The van der Waals surface area contributed by atoms with E-state index in [0.29, 0.717) is 18.1 Å². The number of nitrogen functional groups attached to an aromatic ring is 1. The van der Waals surface area contributed by atoms with Gasteiger partial charge in [0.15, 0.2) is 5.82 Å². The van der Waals surface area contributed by atoms with Crippen molar-refractivity contribution in [2.24, 2.45) is 5.84 Å². The maximum atomic E-state index is 12.9. The Bertz CT molecular complexity index is 796. The van der Waals surface area contributed by atoms with E-state index in [0.717, 1.165) is 21.3 Å². The fourth-order valence-electron chi connectivity index (χ4n) is 2.26. The SMILES string of the molecule is Cc1sc2nc(Cc3ccc(F)cc3)nc(NN)c2c1C. The standard InChI is InChI=1S/C15H15FN4S/c1-8-9(2)21-15-13(8)14(20-17)18-12(19-15)7-10-3-5-11(16)6-4-10/h3-6H,7,17H2,1-2H3,(H,18,19,20). The lowest BCUT2D eigenvalue weighted by Gasteiger charge is -2.06. The van der Waals surface area contributed by atoms with Gasteiger partial charge in [-0.15, -0.1) is 11.3 Å². The van der Waals surface area contributed by atoms with Gasteiger partial charge in [0, 0.05) is 11.3 Å². The van der Waals surface area contributed by atoms with Gasteiger partial charge in [0.2, 0.25) is 0 Å². The Morgan fingerprint density at radius 1 is 1.19 bits per heavy atom. The normalized spacial score (nSPS) is 11.0. The number of aromatic nitrogens is 2. The minimum Gasteiger partial charge on any atom is -0.308 e. The van der Waals surface area contributed by atoms with E-state index >= 15 is 0 Å². The van der Waals surface area contributed by atoms with Gasteiger partial charge in [0.25, 0.3) is 0 Å². The minimum absolute atomic E-state index is 0.246. The first-order chi connectivity index (χ1) is 10.1. The third-order valence-electron chi connectivity index (χ3n) is 3.49. The third-order valence-corrected chi connectivity index (χ3v) is 4.59. The van der Waals surface area contributed by atoms with Crippen molar-refractivity contribution in [1.29, 1.82) is 0 Å². The van der Waals surface area contributed by atoms with Crippen LogP contribution in [0.3, 0.4) is 0 Å². The molecule has 0 bridgehead atoms. The van der Waals surface area contributed by atoms with Crippen molar-refractivity contribution in [2.45, 2.75) is 20.3 Å². The van der Waals surface area contributed by atoms with Crippen LogP contribution in [0.5, 0.6) is 0 Å². The molecule has 0 atom stereocenters. The minimum atomic E-state index is -0.246. The molecule has 0 saturated carbocycles. The Kier molecular flexibility index (Phi) is 3.57. The highest BCUT2D eigenvalue weighted by atomic mass is 32.1. The number of rotatable bonds is 3. The van der Waals surface area contributed by atoms with Crippen molar-refractivity contribution >= 4 is 27.4 Å². The third kappa shape index (κ3) is 2.59. The molecular weight excluding hydrogens is 287 g/mol. The summed E-state index contributed by atoms with van der Waals surface area (Å²) in [6, 6.07) is 6.36. The summed E-state index contributed by atoms with van der Waals surface area (Å²) in [6.07, 6.45) is 0.543. The number of halogens is 1. The van der Waals surface area contributed by atoms with Gasteiger partial charge in [0.1, 0.15) is 16.5 Å². The summed E-state index contributed by atoms with van der Waals surface area (Å²) in [5, 5.41) is 0.975. The van der Waals surface area contributed by atoms with Gasteiger partial charge in [-0.2, -0.15) is 0 Å². The summed E-state index contributed by atoms with van der Waals surface area (Å²) in [4.78, 5) is 11.2. The molecule has 0 amide bonds. The molecule has 3 rings (SSSR count). The predicted molar refractivity (Wildman–Crippen MR) is 83.9 cm³/mol. The number of nitrogens with zero attached hydrogens (tertiary/aromatic N) is 2. The van der Waals surface area contributed by atoms with Gasteiger partial charge in [-0.25, -0.2) is 20.2 Å². The highest BCUT2D eigenvalue weighted by Crippen LogP contribution is 2.33. The van der Waals surface area contributed by atoms with Crippen LogP contribution in [0.4, 0.5) is 10.2 Å². The van der Waals surface area contributed by atoms with Crippen molar-refractivity contribution in [3.8, 4) is 0 Å². The quantitative estimate of drug-likeness (QED) is 0.575.